The molecule has 19 heavy (non-hydrogen) atoms. The molecule has 0 atom stereocenters. The second-order valence-electron chi connectivity index (χ2n) is 5.83. The normalized spacial score (nSPS) is 11.6. The summed E-state index contributed by atoms with van der Waals surface area (Å²) in [5.41, 5.74) is 3.85. The monoisotopic (exact) mass is 282 g/mol. The third-order valence-electron chi connectivity index (χ3n) is 3.18. The second-order valence-corrected chi connectivity index (χ2v) is 6.82. The third-order valence-corrected chi connectivity index (χ3v) is 4.12. The standard InChI is InChI=1S/C15H22O3S/c1-9-6-12(15(3,4)5)14(18)10(2)11(9)7-19-8-13(16)17/h6,18H,7-8H2,1-5H3,(H,16,17). The van der Waals surface area contributed by atoms with E-state index in [0.29, 0.717) is 11.5 Å². The molecule has 1 aromatic rings. The van der Waals surface area contributed by atoms with Gasteiger partial charge in [0.05, 0.1) is 5.75 Å². The minimum Gasteiger partial charge on any atom is -0.507 e. The van der Waals surface area contributed by atoms with E-state index in [9.17, 15) is 9.90 Å². The summed E-state index contributed by atoms with van der Waals surface area (Å²) in [7, 11) is 0. The molecular formula is C15H22O3S. The van der Waals surface area contributed by atoms with Crippen LogP contribution in [0.4, 0.5) is 0 Å². The van der Waals surface area contributed by atoms with Crippen LogP contribution in [0.15, 0.2) is 6.07 Å². The van der Waals surface area contributed by atoms with Crippen molar-refractivity contribution in [2.75, 3.05) is 5.75 Å². The summed E-state index contributed by atoms with van der Waals surface area (Å²) in [4.78, 5) is 10.5. The predicted molar refractivity (Wildman–Crippen MR) is 80.1 cm³/mol. The largest absolute Gasteiger partial charge is 0.507 e. The lowest BCUT2D eigenvalue weighted by atomic mass is 9.83. The summed E-state index contributed by atoms with van der Waals surface area (Å²) in [6, 6.07) is 2.01. The van der Waals surface area contributed by atoms with Gasteiger partial charge in [-0.1, -0.05) is 26.8 Å². The van der Waals surface area contributed by atoms with E-state index in [1.807, 2.05) is 19.9 Å². The number of phenols is 1. The molecule has 0 aromatic heterocycles. The Bertz CT molecular complexity index is 487. The number of benzene rings is 1. The van der Waals surface area contributed by atoms with Gasteiger partial charge >= 0.3 is 5.97 Å². The smallest absolute Gasteiger partial charge is 0.313 e. The van der Waals surface area contributed by atoms with E-state index >= 15 is 0 Å². The number of phenolic OH excluding ortho intramolecular Hbond substituents is 1. The Labute approximate surface area is 119 Å². The molecule has 0 saturated carbocycles. The Balaban J connectivity index is 3.09. The van der Waals surface area contributed by atoms with Crippen LogP contribution in [0.25, 0.3) is 0 Å². The van der Waals surface area contributed by atoms with E-state index in [2.05, 4.69) is 20.8 Å². The van der Waals surface area contributed by atoms with Crippen LogP contribution in [0, 0.1) is 13.8 Å². The molecule has 0 amide bonds. The summed E-state index contributed by atoms with van der Waals surface area (Å²) < 4.78 is 0. The van der Waals surface area contributed by atoms with Gasteiger partial charge in [-0.05, 0) is 41.5 Å². The molecule has 0 radical (unpaired) electrons. The minimum absolute atomic E-state index is 0.0840. The van der Waals surface area contributed by atoms with Crippen LogP contribution in [0.5, 0.6) is 5.75 Å². The molecule has 4 heteroatoms. The van der Waals surface area contributed by atoms with Crippen molar-refractivity contribution in [1.82, 2.24) is 0 Å². The summed E-state index contributed by atoms with van der Waals surface area (Å²) in [5, 5.41) is 19.0. The molecule has 3 nitrogen and oxygen atoms in total. The Morgan fingerprint density at radius 3 is 2.37 bits per heavy atom. The number of hydrogen-bond acceptors (Lipinski definition) is 3. The number of aliphatic carboxylic acids is 1. The van der Waals surface area contributed by atoms with Crippen LogP contribution in [0.1, 0.15) is 43.0 Å². The highest BCUT2D eigenvalue weighted by Gasteiger charge is 2.22. The van der Waals surface area contributed by atoms with Crippen LogP contribution >= 0.6 is 11.8 Å². The van der Waals surface area contributed by atoms with Gasteiger partial charge in [0.1, 0.15) is 5.75 Å². The van der Waals surface area contributed by atoms with Gasteiger partial charge in [0, 0.05) is 5.75 Å². The molecule has 1 rings (SSSR count). The van der Waals surface area contributed by atoms with E-state index in [-0.39, 0.29) is 11.2 Å². The van der Waals surface area contributed by atoms with Crippen molar-refractivity contribution in [3.8, 4) is 5.75 Å². The fourth-order valence-electron chi connectivity index (χ4n) is 2.05. The van der Waals surface area contributed by atoms with Crippen molar-refractivity contribution in [3.05, 3.63) is 28.3 Å². The highest BCUT2D eigenvalue weighted by molar-refractivity contribution is 7.99. The summed E-state index contributed by atoms with van der Waals surface area (Å²) in [5.74, 6) is 0.225. The average molecular weight is 282 g/mol. The number of carboxylic acid groups (broad SMARTS) is 1. The number of aryl methyl sites for hydroxylation is 1. The Kier molecular flexibility index (Phi) is 4.91. The van der Waals surface area contributed by atoms with E-state index in [4.69, 9.17) is 5.11 Å². The molecule has 0 aliphatic rings. The summed E-state index contributed by atoms with van der Waals surface area (Å²) >= 11 is 1.35. The van der Waals surface area contributed by atoms with Gasteiger partial charge in [-0.15, -0.1) is 11.8 Å². The van der Waals surface area contributed by atoms with Crippen LogP contribution in [-0.2, 0) is 16.0 Å². The molecule has 0 spiro atoms. The number of rotatable bonds is 4. The van der Waals surface area contributed by atoms with Crippen molar-refractivity contribution in [2.45, 2.75) is 45.8 Å². The molecule has 0 saturated heterocycles. The zero-order valence-corrected chi connectivity index (χ0v) is 13.0. The lowest BCUT2D eigenvalue weighted by Crippen LogP contribution is -2.13. The lowest BCUT2D eigenvalue weighted by Gasteiger charge is -2.24. The number of carboxylic acids is 1. The third kappa shape index (κ3) is 3.90. The van der Waals surface area contributed by atoms with E-state index in [0.717, 1.165) is 22.3 Å². The highest BCUT2D eigenvalue weighted by atomic mass is 32.2. The number of hydrogen-bond donors (Lipinski definition) is 2. The molecule has 0 aliphatic heterocycles. The van der Waals surface area contributed by atoms with Crippen LogP contribution in [0.3, 0.4) is 0 Å². The summed E-state index contributed by atoms with van der Waals surface area (Å²) in [6.07, 6.45) is 0. The van der Waals surface area contributed by atoms with Gasteiger partial charge in [0.2, 0.25) is 0 Å². The molecule has 0 bridgehead atoms. The zero-order chi connectivity index (χ0) is 14.8. The molecule has 0 aliphatic carbocycles. The fourth-order valence-corrected chi connectivity index (χ4v) is 2.97. The van der Waals surface area contributed by atoms with Crippen molar-refractivity contribution in [3.63, 3.8) is 0 Å². The van der Waals surface area contributed by atoms with Gasteiger partial charge in [0.25, 0.3) is 0 Å². The Morgan fingerprint density at radius 2 is 1.89 bits per heavy atom. The number of aromatic hydroxyl groups is 1. The first kappa shape index (κ1) is 15.9. The van der Waals surface area contributed by atoms with Gasteiger partial charge in [-0.2, -0.15) is 0 Å². The maximum atomic E-state index is 10.5. The first-order chi connectivity index (χ1) is 8.64. The summed E-state index contributed by atoms with van der Waals surface area (Å²) in [6.45, 7) is 10.1. The second kappa shape index (κ2) is 5.87. The maximum absolute atomic E-state index is 10.5. The number of carbonyl (C=O) groups is 1. The average Bonchev–Trinajstić information content (AvgIpc) is 2.26. The van der Waals surface area contributed by atoms with Crippen LogP contribution < -0.4 is 0 Å². The maximum Gasteiger partial charge on any atom is 0.313 e. The molecule has 0 fully saturated rings. The van der Waals surface area contributed by atoms with E-state index < -0.39 is 5.97 Å². The SMILES string of the molecule is Cc1cc(C(C)(C)C)c(O)c(C)c1CSCC(=O)O. The van der Waals surface area contributed by atoms with Crippen molar-refractivity contribution < 1.29 is 15.0 Å². The highest BCUT2D eigenvalue weighted by Crippen LogP contribution is 2.37. The zero-order valence-electron chi connectivity index (χ0n) is 12.2. The lowest BCUT2D eigenvalue weighted by molar-refractivity contribution is -0.133. The molecule has 0 unspecified atom stereocenters. The topological polar surface area (TPSA) is 57.5 Å². The predicted octanol–water partition coefficient (Wildman–Crippen LogP) is 3.62. The quantitative estimate of drug-likeness (QED) is 0.885. The molecule has 106 valence electrons. The Morgan fingerprint density at radius 1 is 1.32 bits per heavy atom. The van der Waals surface area contributed by atoms with Crippen LogP contribution in [0.2, 0.25) is 0 Å². The fraction of sp³-hybridized carbons (Fsp3) is 0.533. The van der Waals surface area contributed by atoms with Crippen LogP contribution in [-0.4, -0.2) is 21.9 Å². The molecular weight excluding hydrogens is 260 g/mol. The van der Waals surface area contributed by atoms with Gasteiger partial charge in [0.15, 0.2) is 0 Å². The van der Waals surface area contributed by atoms with Gasteiger partial charge < -0.3 is 10.2 Å². The Hall–Kier alpha value is -1.16. The molecule has 0 heterocycles. The van der Waals surface area contributed by atoms with E-state index in [1.54, 1.807) is 0 Å². The van der Waals surface area contributed by atoms with Crippen molar-refractivity contribution in [2.24, 2.45) is 0 Å². The van der Waals surface area contributed by atoms with Gasteiger partial charge in [-0.3, -0.25) is 4.79 Å². The first-order valence-corrected chi connectivity index (χ1v) is 7.42. The molecule has 2 N–H and O–H groups in total. The van der Waals surface area contributed by atoms with Crippen molar-refractivity contribution >= 4 is 17.7 Å². The first-order valence-electron chi connectivity index (χ1n) is 6.26. The van der Waals surface area contributed by atoms with E-state index in [1.165, 1.54) is 11.8 Å². The molecule has 1 aromatic carbocycles. The minimum atomic E-state index is -0.809. The van der Waals surface area contributed by atoms with Gasteiger partial charge in [-0.25, -0.2) is 0 Å². The van der Waals surface area contributed by atoms with Crippen molar-refractivity contribution in [1.29, 1.82) is 0 Å². The number of thioether (sulfide) groups is 1.